The average Bonchev–Trinajstić information content (AvgIpc) is 1.84. The fourth-order valence-electron chi connectivity index (χ4n) is 12.5. The van der Waals surface area contributed by atoms with Crippen LogP contribution >= 0.6 is 0 Å². The lowest BCUT2D eigenvalue weighted by atomic mass is 9.90. The summed E-state index contributed by atoms with van der Waals surface area (Å²) < 4.78 is 26.4. The quantitative estimate of drug-likeness (QED) is 0.0157. The van der Waals surface area contributed by atoms with Crippen LogP contribution in [0.1, 0.15) is 215 Å². The number of hydrogen-bond acceptors (Lipinski definition) is 16. The van der Waals surface area contributed by atoms with E-state index in [1.807, 2.05) is 13.8 Å². The number of non-ortho nitro benzene ring substituents is 4. The van der Waals surface area contributed by atoms with Crippen molar-refractivity contribution >= 4 is 46.4 Å². The van der Waals surface area contributed by atoms with Crippen molar-refractivity contribution < 1.29 is 57.8 Å². The van der Waals surface area contributed by atoms with Crippen LogP contribution in [0.3, 0.4) is 0 Å². The molecule has 22 nitrogen and oxygen atoms in total. The van der Waals surface area contributed by atoms with Crippen LogP contribution in [0.5, 0.6) is 23.0 Å². The molecule has 8 bridgehead atoms. The van der Waals surface area contributed by atoms with Gasteiger partial charge in [-0.1, -0.05) is 115 Å². The molecule has 2 aliphatic heterocycles. The Morgan fingerprint density at radius 3 is 0.750 bits per heavy atom. The van der Waals surface area contributed by atoms with Gasteiger partial charge in [-0.2, -0.15) is 0 Å². The number of amides is 4. The Hall–Kier alpha value is -9.60. The van der Waals surface area contributed by atoms with Crippen molar-refractivity contribution in [3.63, 3.8) is 0 Å². The van der Waals surface area contributed by atoms with Crippen LogP contribution in [-0.4, -0.2) is 92.6 Å². The molecule has 6 aromatic carbocycles. The minimum Gasteiger partial charge on any atom is -0.493 e. The molecule has 0 N–H and O–H groups in total. The molecule has 6 aromatic rings. The maximum absolute atomic E-state index is 13.0. The van der Waals surface area contributed by atoms with Crippen LogP contribution in [0, 0.1) is 40.5 Å². The number of benzene rings is 6. The van der Waals surface area contributed by atoms with Crippen molar-refractivity contribution in [2.75, 3.05) is 39.5 Å². The number of fused-ring (bicyclic) bond motifs is 10. The lowest BCUT2D eigenvalue weighted by Gasteiger charge is -2.23. The highest BCUT2D eigenvalue weighted by Gasteiger charge is 2.36. The molecule has 9 rings (SSSR count). The summed E-state index contributed by atoms with van der Waals surface area (Å²) in [6.07, 6.45) is 13.5. The summed E-state index contributed by atoms with van der Waals surface area (Å²) in [6.45, 7) is 5.20. The number of nitrogens with zero attached hydrogens (tertiary/aromatic N) is 6. The number of unbranched alkanes of at least 4 members (excludes halogenated alkanes) is 14. The molecule has 4 amide bonds. The zero-order valence-electron chi connectivity index (χ0n) is 52.3. The van der Waals surface area contributed by atoms with E-state index in [9.17, 15) is 59.6 Å². The van der Waals surface area contributed by atoms with Gasteiger partial charge in [0.05, 0.1) is 68.4 Å². The molecule has 0 saturated carbocycles. The largest absolute Gasteiger partial charge is 0.493 e. The smallest absolute Gasteiger partial charge is 0.270 e. The Morgan fingerprint density at radius 2 is 0.533 bits per heavy atom. The van der Waals surface area contributed by atoms with Gasteiger partial charge in [-0.3, -0.25) is 69.4 Å². The number of rotatable bonds is 34. The van der Waals surface area contributed by atoms with E-state index in [1.165, 1.54) is 58.3 Å². The molecule has 0 radical (unpaired) electrons. The van der Waals surface area contributed by atoms with Crippen LogP contribution in [0.2, 0.25) is 0 Å². The Morgan fingerprint density at radius 1 is 0.326 bits per heavy atom. The van der Waals surface area contributed by atoms with E-state index >= 15 is 0 Å². The molecule has 92 heavy (non-hydrogen) atoms. The van der Waals surface area contributed by atoms with E-state index in [1.54, 1.807) is 48.5 Å². The SMILES string of the molecule is CCCOc1c2cc([N+](=O)[O-])cc1Cc1cc([N+](=O)[O-])cc(c1OCCCCCCCCCCN1C(=O)c3ccccc3C1=O)Cc1cc([N+](=O)[O-])cc(c1OCCCCCCCCCCN1C(=O)c3ccccc3C1=O)Cc1cc([N+](=O)[O-])cc(c1OCCC)C2. The fourth-order valence-corrected chi connectivity index (χ4v) is 12.5. The summed E-state index contributed by atoms with van der Waals surface area (Å²) in [4.78, 5) is 104. The second-order valence-corrected chi connectivity index (χ2v) is 23.8. The molecule has 0 atom stereocenters. The first-order valence-corrected chi connectivity index (χ1v) is 32.2. The molecule has 0 fully saturated rings. The fraction of sp³-hybridized carbons (Fsp3) is 0.429. The summed E-state index contributed by atoms with van der Waals surface area (Å²) in [5.74, 6) is -0.00437. The van der Waals surface area contributed by atoms with E-state index < -0.39 is 19.7 Å². The highest BCUT2D eigenvalue weighted by atomic mass is 16.6. The summed E-state index contributed by atoms with van der Waals surface area (Å²) in [7, 11) is 0. The van der Waals surface area contributed by atoms with Crippen LogP contribution < -0.4 is 18.9 Å². The third-order valence-corrected chi connectivity index (χ3v) is 17.0. The zero-order chi connectivity index (χ0) is 65.3. The molecule has 0 aromatic heterocycles. The summed E-state index contributed by atoms with van der Waals surface area (Å²) >= 11 is 0. The molecule has 484 valence electrons. The van der Waals surface area contributed by atoms with Gasteiger partial charge in [-0.25, -0.2) is 0 Å². The van der Waals surface area contributed by atoms with Gasteiger partial charge in [0.25, 0.3) is 46.4 Å². The van der Waals surface area contributed by atoms with E-state index in [0.717, 1.165) is 77.0 Å². The summed E-state index contributed by atoms with van der Waals surface area (Å²) in [5, 5.41) is 51.8. The highest BCUT2D eigenvalue weighted by Crippen LogP contribution is 2.44. The van der Waals surface area contributed by atoms with E-state index in [-0.39, 0.29) is 121 Å². The Kier molecular flexibility index (Phi) is 23.2. The first kappa shape index (κ1) is 66.8. The minimum absolute atomic E-state index is 0.152. The number of carbonyl (C=O) groups excluding carboxylic acids is 4. The summed E-state index contributed by atoms with van der Waals surface area (Å²) in [6, 6.07) is 24.6. The number of hydrogen-bond donors (Lipinski definition) is 0. The number of nitro benzene ring substituents is 4. The number of carbonyl (C=O) groups is 4. The monoisotopic (exact) mass is 1260 g/mol. The second-order valence-electron chi connectivity index (χ2n) is 23.8. The lowest BCUT2D eigenvalue weighted by Crippen LogP contribution is -2.30. The first-order chi connectivity index (χ1) is 44.6. The van der Waals surface area contributed by atoms with Gasteiger partial charge in [0.2, 0.25) is 0 Å². The van der Waals surface area contributed by atoms with E-state index in [4.69, 9.17) is 18.9 Å². The minimum atomic E-state index is -0.549. The van der Waals surface area contributed by atoms with Gasteiger partial charge in [0, 0.05) is 132 Å². The predicted octanol–water partition coefficient (Wildman–Crippen LogP) is 15.2. The molecule has 0 unspecified atom stereocenters. The maximum Gasteiger partial charge on any atom is 0.270 e. The topological polar surface area (TPSA) is 284 Å². The molecule has 0 spiro atoms. The van der Waals surface area contributed by atoms with Crippen molar-refractivity contribution in [1.29, 1.82) is 0 Å². The third-order valence-electron chi connectivity index (χ3n) is 17.0. The molecular formula is C70H78N6O16. The second kappa shape index (κ2) is 31.9. The van der Waals surface area contributed by atoms with Crippen molar-refractivity contribution in [3.8, 4) is 23.0 Å². The third kappa shape index (κ3) is 16.3. The molecule has 1 aliphatic carbocycles. The Balaban J connectivity index is 0.976. The van der Waals surface area contributed by atoms with Gasteiger partial charge in [0.15, 0.2) is 0 Å². The van der Waals surface area contributed by atoms with Gasteiger partial charge >= 0.3 is 0 Å². The average molecular weight is 1260 g/mol. The van der Waals surface area contributed by atoms with Crippen molar-refractivity contribution in [2.24, 2.45) is 0 Å². The van der Waals surface area contributed by atoms with Gasteiger partial charge in [-0.15, -0.1) is 0 Å². The number of ether oxygens (including phenoxy) is 4. The van der Waals surface area contributed by atoms with Crippen molar-refractivity contribution in [1.82, 2.24) is 9.80 Å². The van der Waals surface area contributed by atoms with Crippen LogP contribution in [0.25, 0.3) is 0 Å². The number of nitro groups is 4. The molecular weight excluding hydrogens is 1180 g/mol. The molecule has 22 heteroatoms. The summed E-state index contributed by atoms with van der Waals surface area (Å²) in [5.41, 5.74) is 2.92. The Labute approximate surface area is 533 Å². The standard InChI is InChI=1S/C70H78N6O16/c1-3-31-89-63-47-35-48-40-56(74(83)84)42-50(64(48)90-32-4-2)37-52-44-58(76(87)88)46-54(66(52)92-34-24-16-12-8-6-10-14-22-30-72-69(79)61-27-19-20-28-62(61)70(72)80)38-53-45-57(75(85)86)43-51(36-49(63)41-55(39-47)73(81)82)65(53)91-33-23-15-11-7-5-9-13-21-29-71-67(77)59-25-17-18-26-60(59)68(71)78/h17-20,25-28,39-46H,3-16,21-24,29-38H2,1-2H3. The lowest BCUT2D eigenvalue weighted by molar-refractivity contribution is -0.385. The van der Waals surface area contributed by atoms with E-state index in [2.05, 4.69) is 0 Å². The number of imide groups is 2. The maximum atomic E-state index is 13.0. The van der Waals surface area contributed by atoms with Gasteiger partial charge in [0.1, 0.15) is 23.0 Å². The van der Waals surface area contributed by atoms with E-state index in [0.29, 0.717) is 118 Å². The zero-order valence-corrected chi connectivity index (χ0v) is 52.3. The van der Waals surface area contributed by atoms with Crippen molar-refractivity contribution in [2.45, 2.75) is 155 Å². The molecule has 3 aliphatic rings. The van der Waals surface area contributed by atoms with Gasteiger partial charge in [-0.05, 0) is 62.8 Å². The first-order valence-electron chi connectivity index (χ1n) is 32.2. The van der Waals surface area contributed by atoms with Crippen LogP contribution in [-0.2, 0) is 25.7 Å². The van der Waals surface area contributed by atoms with Crippen molar-refractivity contribution in [3.05, 3.63) is 204 Å². The molecule has 0 saturated heterocycles. The van der Waals surface area contributed by atoms with Crippen LogP contribution in [0.15, 0.2) is 97.1 Å². The normalized spacial score (nSPS) is 13.3. The van der Waals surface area contributed by atoms with Crippen LogP contribution in [0.4, 0.5) is 22.7 Å². The highest BCUT2D eigenvalue weighted by molar-refractivity contribution is 6.22. The van der Waals surface area contributed by atoms with Gasteiger partial charge < -0.3 is 18.9 Å². The molecule has 2 heterocycles. The predicted molar refractivity (Wildman–Crippen MR) is 344 cm³/mol. The Bertz CT molecular complexity index is 3450.